The monoisotopic (exact) mass is 434 g/mol. The van der Waals surface area contributed by atoms with Gasteiger partial charge in [0.1, 0.15) is 5.82 Å². The highest BCUT2D eigenvalue weighted by Gasteiger charge is 2.33. The van der Waals surface area contributed by atoms with E-state index in [2.05, 4.69) is 15.2 Å². The van der Waals surface area contributed by atoms with Crippen LogP contribution in [-0.4, -0.2) is 75.8 Å². The molecule has 4 heterocycles. The van der Waals surface area contributed by atoms with Gasteiger partial charge < -0.3 is 14.2 Å². The third kappa shape index (κ3) is 3.91. The summed E-state index contributed by atoms with van der Waals surface area (Å²) in [4.78, 5) is 18.6. The summed E-state index contributed by atoms with van der Waals surface area (Å²) in [7, 11) is -1.68. The maximum atomic E-state index is 12.8. The number of sulfonamides is 1. The Kier molecular flexibility index (Phi) is 5.74. The van der Waals surface area contributed by atoms with Crippen LogP contribution >= 0.6 is 0 Å². The summed E-state index contributed by atoms with van der Waals surface area (Å²) in [6, 6.07) is 3.36. The maximum Gasteiger partial charge on any atom is 0.255 e. The van der Waals surface area contributed by atoms with Crippen LogP contribution in [0, 0.1) is 0 Å². The lowest BCUT2D eigenvalue weighted by atomic mass is 9.98. The van der Waals surface area contributed by atoms with Gasteiger partial charge in [0.15, 0.2) is 5.82 Å². The van der Waals surface area contributed by atoms with Crippen LogP contribution in [-0.2, 0) is 23.1 Å². The van der Waals surface area contributed by atoms with Crippen LogP contribution in [0.1, 0.15) is 47.7 Å². The second-order valence-electron chi connectivity index (χ2n) is 7.54. The maximum absolute atomic E-state index is 12.8. The molecular formula is C19H26N6O4S. The number of aromatic nitrogens is 4. The first-order valence-electron chi connectivity index (χ1n) is 10.1. The highest BCUT2D eigenvalue weighted by molar-refractivity contribution is 7.89. The largest absolute Gasteiger partial charge is 0.481 e. The van der Waals surface area contributed by atoms with E-state index in [-0.39, 0.29) is 17.6 Å². The van der Waals surface area contributed by atoms with E-state index in [9.17, 15) is 13.2 Å². The number of fused-ring (bicyclic) bond motifs is 1. The van der Waals surface area contributed by atoms with Gasteiger partial charge in [0.2, 0.25) is 15.9 Å². The fourth-order valence-corrected chi connectivity index (χ4v) is 5.23. The number of carbonyl (C=O) groups excluding carboxylic acids is 1. The van der Waals surface area contributed by atoms with Crippen LogP contribution < -0.4 is 4.74 Å². The average molecular weight is 435 g/mol. The van der Waals surface area contributed by atoms with Crippen molar-refractivity contribution in [2.24, 2.45) is 0 Å². The average Bonchev–Trinajstić information content (AvgIpc) is 3.22. The molecule has 2 aliphatic heterocycles. The molecule has 2 aromatic rings. The number of hydrogen-bond donors (Lipinski definition) is 0. The smallest absolute Gasteiger partial charge is 0.255 e. The Labute approximate surface area is 175 Å². The molecule has 0 aliphatic carbocycles. The Bertz CT molecular complexity index is 1020. The Balaban J connectivity index is 1.48. The molecule has 11 heteroatoms. The number of ether oxygens (including phenoxy) is 1. The van der Waals surface area contributed by atoms with E-state index in [4.69, 9.17) is 4.74 Å². The molecule has 30 heavy (non-hydrogen) atoms. The standard InChI is InChI=1S/C19H26N6O4S/c1-3-30(27,28)24-8-4-5-15(12-24)18-22-21-16-13-23(9-10-25(16)18)19(26)14-6-7-17(29-2)20-11-14/h6-7,11,15H,3-5,8-10,12-13H2,1-2H3. The zero-order valence-corrected chi connectivity index (χ0v) is 18.0. The number of hydrogen-bond acceptors (Lipinski definition) is 7. The molecular weight excluding hydrogens is 408 g/mol. The quantitative estimate of drug-likeness (QED) is 0.686. The minimum absolute atomic E-state index is 0.0226. The van der Waals surface area contributed by atoms with Gasteiger partial charge in [0, 0.05) is 44.4 Å². The highest BCUT2D eigenvalue weighted by atomic mass is 32.2. The van der Waals surface area contributed by atoms with Gasteiger partial charge in [-0.1, -0.05) is 0 Å². The van der Waals surface area contributed by atoms with Crippen molar-refractivity contribution >= 4 is 15.9 Å². The van der Waals surface area contributed by atoms with E-state index >= 15 is 0 Å². The van der Waals surface area contributed by atoms with Gasteiger partial charge >= 0.3 is 0 Å². The van der Waals surface area contributed by atoms with Crippen molar-refractivity contribution in [2.75, 3.05) is 32.5 Å². The molecule has 0 N–H and O–H groups in total. The van der Waals surface area contributed by atoms with Gasteiger partial charge in [-0.05, 0) is 25.8 Å². The lowest BCUT2D eigenvalue weighted by Gasteiger charge is -2.33. The number of carbonyl (C=O) groups is 1. The Morgan fingerprint density at radius 2 is 2.07 bits per heavy atom. The second kappa shape index (κ2) is 8.31. The van der Waals surface area contributed by atoms with Crippen molar-refractivity contribution in [1.29, 1.82) is 0 Å². The van der Waals surface area contributed by atoms with Crippen molar-refractivity contribution in [3.8, 4) is 5.88 Å². The molecule has 2 aromatic heterocycles. The van der Waals surface area contributed by atoms with Crippen LogP contribution in [0.3, 0.4) is 0 Å². The van der Waals surface area contributed by atoms with E-state index in [1.807, 2.05) is 4.57 Å². The summed E-state index contributed by atoms with van der Waals surface area (Å²) >= 11 is 0. The van der Waals surface area contributed by atoms with E-state index in [0.717, 1.165) is 24.5 Å². The third-order valence-corrected chi connectivity index (χ3v) is 7.62. The number of pyridine rings is 1. The van der Waals surface area contributed by atoms with Crippen LogP contribution in [0.4, 0.5) is 0 Å². The Morgan fingerprint density at radius 3 is 2.77 bits per heavy atom. The molecule has 1 saturated heterocycles. The van der Waals surface area contributed by atoms with Gasteiger partial charge in [0.25, 0.3) is 5.91 Å². The van der Waals surface area contributed by atoms with E-state index < -0.39 is 10.0 Å². The number of amides is 1. The Morgan fingerprint density at radius 1 is 1.23 bits per heavy atom. The highest BCUT2D eigenvalue weighted by Crippen LogP contribution is 2.29. The zero-order chi connectivity index (χ0) is 21.3. The fraction of sp³-hybridized carbons (Fsp3) is 0.579. The topological polar surface area (TPSA) is 111 Å². The molecule has 0 bridgehead atoms. The summed E-state index contributed by atoms with van der Waals surface area (Å²) < 4.78 is 33.2. The molecule has 2 aliphatic rings. The first-order chi connectivity index (χ1) is 14.4. The van der Waals surface area contributed by atoms with E-state index in [1.165, 1.54) is 13.3 Å². The van der Waals surface area contributed by atoms with Crippen LogP contribution in [0.15, 0.2) is 18.3 Å². The molecule has 1 unspecified atom stereocenters. The van der Waals surface area contributed by atoms with Crippen molar-refractivity contribution in [3.63, 3.8) is 0 Å². The molecule has 0 saturated carbocycles. The molecule has 162 valence electrons. The Hall–Kier alpha value is -2.53. The fourth-order valence-electron chi connectivity index (χ4n) is 4.05. The van der Waals surface area contributed by atoms with Crippen LogP contribution in [0.25, 0.3) is 0 Å². The lowest BCUT2D eigenvalue weighted by Crippen LogP contribution is -2.42. The van der Waals surface area contributed by atoms with Gasteiger partial charge in [-0.2, -0.15) is 0 Å². The van der Waals surface area contributed by atoms with Gasteiger partial charge in [-0.15, -0.1) is 10.2 Å². The minimum Gasteiger partial charge on any atom is -0.481 e. The molecule has 0 aromatic carbocycles. The molecule has 4 rings (SSSR count). The first kappa shape index (κ1) is 20.7. The number of nitrogens with zero attached hydrogens (tertiary/aromatic N) is 6. The van der Waals surface area contributed by atoms with Crippen LogP contribution in [0.2, 0.25) is 0 Å². The van der Waals surface area contributed by atoms with Crippen molar-refractivity contribution in [1.82, 2.24) is 29.0 Å². The molecule has 1 amide bonds. The molecule has 1 fully saturated rings. The lowest BCUT2D eigenvalue weighted by molar-refractivity contribution is 0.0705. The summed E-state index contributed by atoms with van der Waals surface area (Å²) in [6.45, 7) is 4.15. The van der Waals surface area contributed by atoms with Gasteiger partial charge in [-0.25, -0.2) is 17.7 Å². The SMILES string of the molecule is CCS(=O)(=O)N1CCCC(c2nnc3n2CCN(C(=O)c2ccc(OC)nc2)C3)C1. The summed E-state index contributed by atoms with van der Waals surface area (Å²) in [5, 5.41) is 8.69. The molecule has 0 spiro atoms. The van der Waals surface area contributed by atoms with Gasteiger partial charge in [0.05, 0.1) is 25.0 Å². The normalized spacial score (nSPS) is 20.1. The molecule has 0 radical (unpaired) electrons. The third-order valence-electron chi connectivity index (χ3n) is 5.77. The minimum atomic E-state index is -3.21. The second-order valence-corrected chi connectivity index (χ2v) is 9.80. The predicted octanol–water partition coefficient (Wildman–Crippen LogP) is 0.867. The molecule has 1 atom stereocenters. The molecule has 10 nitrogen and oxygen atoms in total. The van der Waals surface area contributed by atoms with Crippen molar-refractivity contribution in [3.05, 3.63) is 35.5 Å². The van der Waals surface area contributed by atoms with Crippen molar-refractivity contribution < 1.29 is 17.9 Å². The number of rotatable bonds is 5. The van der Waals surface area contributed by atoms with Crippen molar-refractivity contribution in [2.45, 2.75) is 38.8 Å². The number of methoxy groups -OCH3 is 1. The number of piperidine rings is 1. The van der Waals surface area contributed by atoms with E-state index in [1.54, 1.807) is 28.3 Å². The first-order valence-corrected chi connectivity index (χ1v) is 11.7. The predicted molar refractivity (Wildman–Crippen MR) is 109 cm³/mol. The van der Waals surface area contributed by atoms with Crippen LogP contribution in [0.5, 0.6) is 5.88 Å². The summed E-state index contributed by atoms with van der Waals surface area (Å²) in [5.74, 6) is 2.02. The van der Waals surface area contributed by atoms with E-state index in [0.29, 0.717) is 44.2 Å². The van der Waals surface area contributed by atoms with Gasteiger partial charge in [-0.3, -0.25) is 4.79 Å². The summed E-state index contributed by atoms with van der Waals surface area (Å²) in [5.41, 5.74) is 0.497. The zero-order valence-electron chi connectivity index (χ0n) is 17.2. The summed E-state index contributed by atoms with van der Waals surface area (Å²) in [6.07, 6.45) is 3.20.